The molecule has 1 amide bonds. The van der Waals surface area contributed by atoms with Gasteiger partial charge in [-0.3, -0.25) is 4.79 Å². The zero-order chi connectivity index (χ0) is 11.0. The van der Waals surface area contributed by atoms with E-state index >= 15 is 0 Å². The number of amides is 1. The third-order valence-corrected chi connectivity index (χ3v) is 4.47. The smallest absolute Gasteiger partial charge is 0.230 e. The fourth-order valence-corrected chi connectivity index (χ4v) is 3.57. The van der Waals surface area contributed by atoms with Crippen LogP contribution in [-0.4, -0.2) is 17.4 Å². The Morgan fingerprint density at radius 2 is 1.94 bits per heavy atom. The van der Waals surface area contributed by atoms with Crippen molar-refractivity contribution in [1.82, 2.24) is 4.90 Å². The lowest BCUT2D eigenvalue weighted by Crippen LogP contribution is -2.43. The van der Waals surface area contributed by atoms with Gasteiger partial charge >= 0.3 is 0 Å². The van der Waals surface area contributed by atoms with Gasteiger partial charge in [-0.15, -0.1) is 0 Å². The average molecular weight is 219 g/mol. The van der Waals surface area contributed by atoms with Crippen molar-refractivity contribution in [3.63, 3.8) is 0 Å². The molecule has 0 spiro atoms. The largest absolute Gasteiger partial charge is 0.316 e. The van der Waals surface area contributed by atoms with Gasteiger partial charge in [0.1, 0.15) is 0 Å². The number of rotatable bonds is 0. The summed E-state index contributed by atoms with van der Waals surface area (Å²) < 4.78 is 0. The summed E-state index contributed by atoms with van der Waals surface area (Å²) in [6.45, 7) is 0.980. The van der Waals surface area contributed by atoms with Crippen LogP contribution in [-0.2, 0) is 4.79 Å². The number of fused-ring (bicyclic) bond motifs is 2. The molecule has 2 fully saturated rings. The van der Waals surface area contributed by atoms with Crippen LogP contribution in [0.4, 0.5) is 0 Å². The molecule has 2 nitrogen and oxygen atoms in total. The monoisotopic (exact) mass is 219 g/mol. The first kappa shape index (κ1) is 10.4. The summed E-state index contributed by atoms with van der Waals surface area (Å²) >= 11 is 0. The Morgan fingerprint density at radius 3 is 2.88 bits per heavy atom. The molecule has 0 aromatic rings. The van der Waals surface area contributed by atoms with E-state index in [0.717, 1.165) is 19.4 Å². The van der Waals surface area contributed by atoms with E-state index in [1.807, 2.05) is 0 Å². The standard InChI is InChI=1S/C14H21NO/c16-14-13-8-4-3-6-11(13)10-12-7-2-1-5-9-15(12)14/h10-11,13H,1-9H2. The fraction of sp³-hybridized carbons (Fsp3) is 0.786. The highest BCUT2D eigenvalue weighted by molar-refractivity contribution is 5.82. The van der Waals surface area contributed by atoms with Crippen molar-refractivity contribution >= 4 is 5.91 Å². The van der Waals surface area contributed by atoms with Crippen LogP contribution in [0.3, 0.4) is 0 Å². The fourth-order valence-electron chi connectivity index (χ4n) is 3.57. The molecule has 0 bridgehead atoms. The summed E-state index contributed by atoms with van der Waals surface area (Å²) in [5.74, 6) is 1.35. The molecule has 0 radical (unpaired) electrons. The maximum atomic E-state index is 12.4. The topological polar surface area (TPSA) is 20.3 Å². The van der Waals surface area contributed by atoms with E-state index in [1.165, 1.54) is 44.2 Å². The molecule has 16 heavy (non-hydrogen) atoms. The van der Waals surface area contributed by atoms with Gasteiger partial charge in [0.2, 0.25) is 5.91 Å². The van der Waals surface area contributed by atoms with Gasteiger partial charge < -0.3 is 4.90 Å². The first-order valence-electron chi connectivity index (χ1n) is 6.88. The maximum Gasteiger partial charge on any atom is 0.230 e. The number of hydrogen-bond donors (Lipinski definition) is 0. The minimum Gasteiger partial charge on any atom is -0.316 e. The lowest BCUT2D eigenvalue weighted by atomic mass is 9.76. The van der Waals surface area contributed by atoms with Gasteiger partial charge in [0.25, 0.3) is 0 Å². The molecule has 2 aliphatic heterocycles. The number of carbonyl (C=O) groups is 1. The Balaban J connectivity index is 1.89. The molecule has 0 aromatic heterocycles. The highest BCUT2D eigenvalue weighted by Crippen LogP contribution is 2.39. The Morgan fingerprint density at radius 1 is 1.06 bits per heavy atom. The van der Waals surface area contributed by atoms with Crippen LogP contribution in [0.2, 0.25) is 0 Å². The van der Waals surface area contributed by atoms with Crippen LogP contribution in [0.25, 0.3) is 0 Å². The second kappa shape index (κ2) is 4.23. The molecule has 0 N–H and O–H groups in total. The molecule has 1 aliphatic carbocycles. The second-order valence-electron chi connectivity index (χ2n) is 5.51. The summed E-state index contributed by atoms with van der Waals surface area (Å²) in [5.41, 5.74) is 1.35. The molecule has 1 saturated carbocycles. The second-order valence-corrected chi connectivity index (χ2v) is 5.51. The summed E-state index contributed by atoms with van der Waals surface area (Å²) in [7, 11) is 0. The van der Waals surface area contributed by atoms with Crippen molar-refractivity contribution in [2.75, 3.05) is 6.54 Å². The van der Waals surface area contributed by atoms with E-state index in [9.17, 15) is 4.79 Å². The van der Waals surface area contributed by atoms with Gasteiger partial charge in [-0.05, 0) is 38.0 Å². The number of carbonyl (C=O) groups excluding carboxylic acids is 1. The average Bonchev–Trinajstić information content (AvgIpc) is 2.55. The summed E-state index contributed by atoms with van der Waals surface area (Å²) in [6.07, 6.45) is 12.3. The SMILES string of the molecule is O=C1C2CCCCC2C=C2CCCCCN12. The zero-order valence-electron chi connectivity index (χ0n) is 9.95. The van der Waals surface area contributed by atoms with Crippen molar-refractivity contribution in [2.45, 2.75) is 51.4 Å². The first-order valence-corrected chi connectivity index (χ1v) is 6.88. The predicted octanol–water partition coefficient (Wildman–Crippen LogP) is 3.09. The molecule has 2 atom stereocenters. The number of hydrogen-bond acceptors (Lipinski definition) is 1. The van der Waals surface area contributed by atoms with Gasteiger partial charge in [0, 0.05) is 18.2 Å². The van der Waals surface area contributed by atoms with Gasteiger partial charge in [-0.2, -0.15) is 0 Å². The van der Waals surface area contributed by atoms with Crippen LogP contribution in [0.1, 0.15) is 51.4 Å². The Bertz CT molecular complexity index is 321. The Kier molecular flexibility index (Phi) is 2.74. The van der Waals surface area contributed by atoms with Crippen molar-refractivity contribution in [3.05, 3.63) is 11.8 Å². The minimum absolute atomic E-state index is 0.329. The number of allylic oxidation sites excluding steroid dienone is 2. The van der Waals surface area contributed by atoms with Gasteiger partial charge in [0.15, 0.2) is 0 Å². The molecule has 1 saturated heterocycles. The van der Waals surface area contributed by atoms with E-state index in [0.29, 0.717) is 17.7 Å². The van der Waals surface area contributed by atoms with E-state index < -0.39 is 0 Å². The number of nitrogens with zero attached hydrogens (tertiary/aromatic N) is 1. The first-order chi connectivity index (χ1) is 7.86. The molecular weight excluding hydrogens is 198 g/mol. The Hall–Kier alpha value is -0.790. The van der Waals surface area contributed by atoms with Gasteiger partial charge in [0.05, 0.1) is 0 Å². The normalized spacial score (nSPS) is 34.9. The Labute approximate surface area is 97.7 Å². The predicted molar refractivity (Wildman–Crippen MR) is 63.7 cm³/mol. The highest BCUT2D eigenvalue weighted by atomic mass is 16.2. The summed E-state index contributed by atoms with van der Waals surface area (Å²) in [4.78, 5) is 14.5. The van der Waals surface area contributed by atoms with Crippen molar-refractivity contribution in [1.29, 1.82) is 0 Å². The molecule has 0 aromatic carbocycles. The highest BCUT2D eigenvalue weighted by Gasteiger charge is 2.38. The van der Waals surface area contributed by atoms with Crippen LogP contribution in [0.5, 0.6) is 0 Å². The van der Waals surface area contributed by atoms with Gasteiger partial charge in [-0.1, -0.05) is 25.3 Å². The molecule has 2 heterocycles. The van der Waals surface area contributed by atoms with Gasteiger partial charge in [-0.25, -0.2) is 0 Å². The lowest BCUT2D eigenvalue weighted by molar-refractivity contribution is -0.137. The lowest BCUT2D eigenvalue weighted by Gasteiger charge is -2.39. The maximum absolute atomic E-state index is 12.4. The third-order valence-electron chi connectivity index (χ3n) is 4.47. The van der Waals surface area contributed by atoms with Crippen molar-refractivity contribution in [2.24, 2.45) is 11.8 Å². The third kappa shape index (κ3) is 1.68. The summed E-state index contributed by atoms with van der Waals surface area (Å²) in [6, 6.07) is 0. The quantitative estimate of drug-likeness (QED) is 0.613. The van der Waals surface area contributed by atoms with Crippen LogP contribution >= 0.6 is 0 Å². The van der Waals surface area contributed by atoms with E-state index in [2.05, 4.69) is 11.0 Å². The molecule has 2 unspecified atom stereocenters. The van der Waals surface area contributed by atoms with Crippen LogP contribution in [0, 0.1) is 11.8 Å². The minimum atomic E-state index is 0.329. The molecule has 2 heteroatoms. The van der Waals surface area contributed by atoms with E-state index in [1.54, 1.807) is 0 Å². The molecule has 88 valence electrons. The molecular formula is C14H21NO. The zero-order valence-corrected chi connectivity index (χ0v) is 9.95. The molecule has 3 aliphatic rings. The van der Waals surface area contributed by atoms with Crippen molar-refractivity contribution in [3.8, 4) is 0 Å². The molecule has 3 rings (SSSR count). The van der Waals surface area contributed by atoms with Crippen LogP contribution in [0.15, 0.2) is 11.8 Å². The van der Waals surface area contributed by atoms with Crippen molar-refractivity contribution < 1.29 is 4.79 Å². The van der Waals surface area contributed by atoms with E-state index in [-0.39, 0.29) is 0 Å². The van der Waals surface area contributed by atoms with E-state index in [4.69, 9.17) is 0 Å². The van der Waals surface area contributed by atoms with Crippen LogP contribution < -0.4 is 0 Å². The summed E-state index contributed by atoms with van der Waals surface area (Å²) in [5, 5.41) is 0.